The third-order valence-electron chi connectivity index (χ3n) is 3.28. The Bertz CT molecular complexity index is 458. The van der Waals surface area contributed by atoms with Crippen LogP contribution in [-0.2, 0) is 11.3 Å². The van der Waals surface area contributed by atoms with E-state index in [0.29, 0.717) is 13.0 Å². The van der Waals surface area contributed by atoms with Crippen LogP contribution in [0.2, 0.25) is 0 Å². The minimum absolute atomic E-state index is 0.127. The molecule has 2 rings (SSSR count). The number of amides is 3. The first-order valence-electron chi connectivity index (χ1n) is 6.25. The lowest BCUT2D eigenvalue weighted by atomic mass is 9.96. The summed E-state index contributed by atoms with van der Waals surface area (Å²) < 4.78 is 0. The SMILES string of the molecule is CCCC1(C)NC(=O)N(Cc2ccccc2)C1=O. The molecule has 96 valence electrons. The first kappa shape index (κ1) is 12.6. The van der Waals surface area contributed by atoms with Gasteiger partial charge in [-0.3, -0.25) is 9.69 Å². The normalized spacial score (nSPS) is 23.3. The van der Waals surface area contributed by atoms with Crippen molar-refractivity contribution in [3.05, 3.63) is 35.9 Å². The fourth-order valence-electron chi connectivity index (χ4n) is 2.33. The topological polar surface area (TPSA) is 49.4 Å². The van der Waals surface area contributed by atoms with Crippen LogP contribution in [-0.4, -0.2) is 22.4 Å². The maximum Gasteiger partial charge on any atom is 0.325 e. The molecular weight excluding hydrogens is 228 g/mol. The van der Waals surface area contributed by atoms with E-state index < -0.39 is 5.54 Å². The average Bonchev–Trinajstić information content (AvgIpc) is 2.55. The maximum absolute atomic E-state index is 12.3. The maximum atomic E-state index is 12.3. The molecule has 1 atom stereocenters. The Balaban J connectivity index is 2.15. The van der Waals surface area contributed by atoms with Gasteiger partial charge in [0, 0.05) is 0 Å². The largest absolute Gasteiger partial charge is 0.325 e. The van der Waals surface area contributed by atoms with Crippen LogP contribution in [0.15, 0.2) is 30.3 Å². The average molecular weight is 246 g/mol. The summed E-state index contributed by atoms with van der Waals surface area (Å²) in [5.41, 5.74) is 0.224. The minimum atomic E-state index is -0.736. The van der Waals surface area contributed by atoms with Gasteiger partial charge in [-0.15, -0.1) is 0 Å². The number of imide groups is 1. The van der Waals surface area contributed by atoms with Gasteiger partial charge in [0.1, 0.15) is 5.54 Å². The number of carbonyl (C=O) groups is 2. The molecular formula is C14H18N2O2. The summed E-state index contributed by atoms with van der Waals surface area (Å²) in [6, 6.07) is 9.25. The van der Waals surface area contributed by atoms with Crippen LogP contribution in [0.25, 0.3) is 0 Å². The van der Waals surface area contributed by atoms with Crippen molar-refractivity contribution >= 4 is 11.9 Å². The molecule has 1 aliphatic heterocycles. The fourth-order valence-corrected chi connectivity index (χ4v) is 2.33. The van der Waals surface area contributed by atoms with E-state index in [9.17, 15) is 9.59 Å². The number of nitrogens with zero attached hydrogens (tertiary/aromatic N) is 1. The number of benzene rings is 1. The summed E-state index contributed by atoms with van der Waals surface area (Å²) in [6.45, 7) is 4.14. The van der Waals surface area contributed by atoms with Crippen LogP contribution in [0.1, 0.15) is 32.3 Å². The lowest BCUT2D eigenvalue weighted by Crippen LogP contribution is -2.43. The zero-order valence-electron chi connectivity index (χ0n) is 10.8. The number of rotatable bonds is 4. The Morgan fingerprint density at radius 1 is 1.22 bits per heavy atom. The van der Waals surface area contributed by atoms with Crippen LogP contribution in [0.4, 0.5) is 4.79 Å². The van der Waals surface area contributed by atoms with Gasteiger partial charge in [-0.1, -0.05) is 43.7 Å². The molecule has 0 radical (unpaired) electrons. The van der Waals surface area contributed by atoms with Crippen molar-refractivity contribution < 1.29 is 9.59 Å². The van der Waals surface area contributed by atoms with Crippen molar-refractivity contribution in [1.29, 1.82) is 0 Å². The molecule has 0 bridgehead atoms. The summed E-state index contributed by atoms with van der Waals surface area (Å²) in [7, 11) is 0. The highest BCUT2D eigenvalue weighted by Crippen LogP contribution is 2.23. The van der Waals surface area contributed by atoms with Crippen LogP contribution >= 0.6 is 0 Å². The van der Waals surface area contributed by atoms with Gasteiger partial charge in [0.15, 0.2) is 0 Å². The van der Waals surface area contributed by atoms with Gasteiger partial charge >= 0.3 is 6.03 Å². The van der Waals surface area contributed by atoms with Gasteiger partial charge in [-0.2, -0.15) is 0 Å². The second kappa shape index (κ2) is 4.80. The standard InChI is InChI=1S/C14H18N2O2/c1-3-9-14(2)12(17)16(13(18)15-14)10-11-7-5-4-6-8-11/h4-8H,3,9-10H2,1-2H3,(H,15,18). The second-order valence-electron chi connectivity index (χ2n) is 4.89. The Hall–Kier alpha value is -1.84. The zero-order valence-corrected chi connectivity index (χ0v) is 10.8. The van der Waals surface area contributed by atoms with Crippen LogP contribution in [0.3, 0.4) is 0 Å². The molecule has 1 aromatic rings. The molecule has 0 saturated carbocycles. The van der Waals surface area contributed by atoms with Crippen molar-refractivity contribution in [2.75, 3.05) is 0 Å². The van der Waals surface area contributed by atoms with Crippen molar-refractivity contribution in [2.24, 2.45) is 0 Å². The van der Waals surface area contributed by atoms with Gasteiger partial charge in [-0.05, 0) is 18.9 Å². The summed E-state index contributed by atoms with van der Waals surface area (Å²) in [4.78, 5) is 25.4. The van der Waals surface area contributed by atoms with E-state index >= 15 is 0 Å². The highest BCUT2D eigenvalue weighted by Gasteiger charge is 2.46. The monoisotopic (exact) mass is 246 g/mol. The molecule has 1 fully saturated rings. The predicted octanol–water partition coefficient (Wildman–Crippen LogP) is 2.30. The highest BCUT2D eigenvalue weighted by atomic mass is 16.2. The first-order chi connectivity index (χ1) is 8.57. The summed E-state index contributed by atoms with van der Waals surface area (Å²) in [5.74, 6) is -0.127. The van der Waals surface area contributed by atoms with Crippen LogP contribution < -0.4 is 5.32 Å². The number of hydrogen-bond donors (Lipinski definition) is 1. The molecule has 1 saturated heterocycles. The number of hydrogen-bond acceptors (Lipinski definition) is 2. The van der Waals surface area contributed by atoms with E-state index in [1.807, 2.05) is 37.3 Å². The molecule has 4 nitrogen and oxygen atoms in total. The number of carbonyl (C=O) groups excluding carboxylic acids is 2. The van der Waals surface area contributed by atoms with Crippen molar-refractivity contribution in [1.82, 2.24) is 10.2 Å². The minimum Gasteiger partial charge on any atom is -0.323 e. The molecule has 1 unspecified atom stereocenters. The van der Waals surface area contributed by atoms with Gasteiger partial charge in [0.25, 0.3) is 5.91 Å². The van der Waals surface area contributed by atoms with E-state index in [2.05, 4.69) is 5.32 Å². The number of urea groups is 1. The number of nitrogens with one attached hydrogen (secondary N) is 1. The van der Waals surface area contributed by atoms with Crippen LogP contribution in [0.5, 0.6) is 0 Å². The molecule has 1 heterocycles. The Morgan fingerprint density at radius 3 is 2.50 bits per heavy atom. The van der Waals surface area contributed by atoms with Crippen molar-refractivity contribution in [2.45, 2.75) is 38.8 Å². The molecule has 18 heavy (non-hydrogen) atoms. The molecule has 1 aromatic carbocycles. The highest BCUT2D eigenvalue weighted by molar-refractivity contribution is 6.06. The Morgan fingerprint density at radius 2 is 1.89 bits per heavy atom. The first-order valence-corrected chi connectivity index (χ1v) is 6.25. The second-order valence-corrected chi connectivity index (χ2v) is 4.89. The lowest BCUT2D eigenvalue weighted by Gasteiger charge is -2.20. The van der Waals surface area contributed by atoms with E-state index in [1.165, 1.54) is 4.90 Å². The third-order valence-corrected chi connectivity index (χ3v) is 3.28. The Kier molecular flexibility index (Phi) is 3.36. The predicted molar refractivity (Wildman–Crippen MR) is 68.8 cm³/mol. The quantitative estimate of drug-likeness (QED) is 0.829. The summed E-state index contributed by atoms with van der Waals surface area (Å²) in [5, 5.41) is 2.79. The van der Waals surface area contributed by atoms with Crippen molar-refractivity contribution in [3.63, 3.8) is 0 Å². The smallest absolute Gasteiger partial charge is 0.323 e. The molecule has 3 amide bonds. The van der Waals surface area contributed by atoms with E-state index in [-0.39, 0.29) is 11.9 Å². The van der Waals surface area contributed by atoms with Crippen LogP contribution in [0, 0.1) is 0 Å². The zero-order chi connectivity index (χ0) is 13.2. The summed E-state index contributed by atoms with van der Waals surface area (Å²) in [6.07, 6.45) is 1.53. The summed E-state index contributed by atoms with van der Waals surface area (Å²) >= 11 is 0. The molecule has 0 aromatic heterocycles. The van der Waals surface area contributed by atoms with E-state index in [0.717, 1.165) is 12.0 Å². The third kappa shape index (κ3) is 2.23. The van der Waals surface area contributed by atoms with E-state index in [4.69, 9.17) is 0 Å². The molecule has 1 N–H and O–H groups in total. The lowest BCUT2D eigenvalue weighted by molar-refractivity contribution is -0.131. The fraction of sp³-hybridized carbons (Fsp3) is 0.429. The molecule has 0 spiro atoms. The van der Waals surface area contributed by atoms with Gasteiger partial charge in [0.2, 0.25) is 0 Å². The van der Waals surface area contributed by atoms with Gasteiger partial charge in [0.05, 0.1) is 6.54 Å². The molecule has 4 heteroatoms. The van der Waals surface area contributed by atoms with Crippen molar-refractivity contribution in [3.8, 4) is 0 Å². The van der Waals surface area contributed by atoms with Gasteiger partial charge in [-0.25, -0.2) is 4.79 Å². The molecule has 0 aliphatic carbocycles. The molecule has 1 aliphatic rings. The Labute approximate surface area is 107 Å². The van der Waals surface area contributed by atoms with E-state index in [1.54, 1.807) is 6.92 Å². The van der Waals surface area contributed by atoms with Gasteiger partial charge < -0.3 is 5.32 Å².